The molecule has 0 saturated carbocycles. The second kappa shape index (κ2) is 5.00. The Morgan fingerprint density at radius 3 is 2.68 bits per heavy atom. The smallest absolute Gasteiger partial charge is 0.430 e. The fourth-order valence-corrected chi connectivity index (χ4v) is 2.44. The van der Waals surface area contributed by atoms with Crippen LogP contribution in [-0.4, -0.2) is 12.1 Å². The number of thiazole rings is 1. The molecule has 0 fully saturated rings. The number of carbonyl (C=O) groups excluding carboxylic acids is 1. The Morgan fingerprint density at radius 1 is 1.42 bits per heavy atom. The molecule has 0 amide bonds. The largest absolute Gasteiger partial charge is 0.542 e. The Hall–Kier alpha value is -1.89. The van der Waals surface area contributed by atoms with Gasteiger partial charge in [0.05, 0.1) is 0 Å². The van der Waals surface area contributed by atoms with Gasteiger partial charge in [-0.05, 0) is 12.1 Å². The second-order valence-electron chi connectivity index (χ2n) is 3.49. The number of carboxylic acids is 1. The predicted molar refractivity (Wildman–Crippen MR) is 62.1 cm³/mol. The number of alkyl halides is 3. The third-order valence-corrected chi connectivity index (χ3v) is 3.30. The number of hydrogen-bond acceptors (Lipinski definition) is 3. The van der Waals surface area contributed by atoms with E-state index in [9.17, 15) is 13.2 Å². The molecule has 1 aromatic heterocycles. The van der Waals surface area contributed by atoms with Crippen molar-refractivity contribution in [1.29, 1.82) is 0 Å². The number of para-hydroxylation sites is 1. The van der Waals surface area contributed by atoms with Crippen LogP contribution in [0.4, 0.5) is 13.2 Å². The van der Waals surface area contributed by atoms with E-state index in [1.807, 2.05) is 30.3 Å². The first kappa shape index (κ1) is 11.0. The van der Waals surface area contributed by atoms with E-state index >= 15 is 0 Å². The van der Waals surface area contributed by atoms with E-state index in [0.717, 1.165) is 15.2 Å². The number of aromatic nitrogens is 1. The number of carbonyl (C=O) groups is 1. The molecule has 0 bridgehead atoms. The average Bonchev–Trinajstić information content (AvgIpc) is 2.87. The summed E-state index contributed by atoms with van der Waals surface area (Å²) >= 11 is 1.62. The van der Waals surface area contributed by atoms with E-state index in [1.165, 1.54) is 0 Å². The number of fused-ring (bicyclic) bond motifs is 3. The van der Waals surface area contributed by atoms with Gasteiger partial charge in [0.2, 0.25) is 5.52 Å². The number of allylic oxidation sites excluding steroid dienone is 1. The van der Waals surface area contributed by atoms with Gasteiger partial charge in [0, 0.05) is 12.1 Å². The normalized spacial score (nSPS) is 17.2. The van der Waals surface area contributed by atoms with E-state index in [4.69, 9.17) is 12.6 Å². The zero-order valence-electron chi connectivity index (χ0n) is 11.3. The molecule has 1 aromatic carbocycles. The maximum atomic E-state index is 10.5. The zero-order chi connectivity index (χ0) is 15.8. The molecule has 0 saturated heterocycles. The Bertz CT molecular complexity index is 725. The summed E-state index contributed by atoms with van der Waals surface area (Å²) in [4.78, 5) is 8.78. The monoisotopic (exact) mass is 289 g/mol. The summed E-state index contributed by atoms with van der Waals surface area (Å²) in [6, 6.07) is 7.90. The fourth-order valence-electron chi connectivity index (χ4n) is 1.43. The molecule has 0 aliphatic carbocycles. The highest BCUT2D eigenvalue weighted by Gasteiger charge is 2.28. The van der Waals surface area contributed by atoms with Crippen molar-refractivity contribution in [2.24, 2.45) is 0 Å². The van der Waals surface area contributed by atoms with Gasteiger partial charge in [-0.3, -0.25) is 0 Å². The van der Waals surface area contributed by atoms with Crippen molar-refractivity contribution >= 4 is 33.6 Å². The molecule has 100 valence electrons. The Balaban J connectivity index is 0.000000199. The number of benzene rings is 1. The first-order valence-corrected chi connectivity index (χ1v) is 5.86. The molecule has 0 unspecified atom stereocenters. The Labute approximate surface area is 113 Å². The molecule has 7 heteroatoms. The summed E-state index contributed by atoms with van der Waals surface area (Å²) < 4.78 is 50.1. The maximum Gasteiger partial charge on any atom is 0.430 e. The topological polar surface area (TPSA) is 44.0 Å². The summed E-state index contributed by atoms with van der Waals surface area (Å²) in [5.74, 6) is -3.01. The van der Waals surface area contributed by atoms with Gasteiger partial charge in [-0.2, -0.15) is 17.7 Å². The highest BCUT2D eigenvalue weighted by molar-refractivity contribution is 7.18. The summed E-state index contributed by atoms with van der Waals surface area (Å²) in [5.41, 5.74) is 0.975. The SMILES string of the molecule is O=C([O-])C(F)(F)F.[2H]C1([2H])C=Cc2sc3ccccc3[n+]21. The van der Waals surface area contributed by atoms with Crippen LogP contribution >= 0.6 is 11.3 Å². The van der Waals surface area contributed by atoms with Crippen molar-refractivity contribution in [3.63, 3.8) is 0 Å². The van der Waals surface area contributed by atoms with Gasteiger partial charge >= 0.3 is 6.18 Å². The lowest BCUT2D eigenvalue weighted by Gasteiger charge is -2.03. The molecule has 3 nitrogen and oxygen atoms in total. The van der Waals surface area contributed by atoms with Crippen LogP contribution in [0.25, 0.3) is 16.3 Å². The molecular formula is C12H8F3NO2S. The molecule has 2 aromatic rings. The lowest BCUT2D eigenvalue weighted by atomic mass is 10.3. The van der Waals surface area contributed by atoms with Gasteiger partial charge in [-0.1, -0.05) is 23.5 Å². The van der Waals surface area contributed by atoms with E-state index in [0.29, 0.717) is 0 Å². The number of rotatable bonds is 0. The maximum absolute atomic E-state index is 10.5. The molecular weight excluding hydrogens is 279 g/mol. The van der Waals surface area contributed by atoms with Crippen molar-refractivity contribution in [2.45, 2.75) is 12.7 Å². The minimum atomic E-state index is -5.19. The minimum absolute atomic E-state index is 0.975. The van der Waals surface area contributed by atoms with Crippen molar-refractivity contribution in [3.05, 3.63) is 35.3 Å². The molecule has 1 aliphatic rings. The number of halogens is 3. The molecule has 0 N–H and O–H groups in total. The molecule has 19 heavy (non-hydrogen) atoms. The lowest BCUT2D eigenvalue weighted by Crippen LogP contribution is -2.37. The van der Waals surface area contributed by atoms with E-state index in [-0.39, 0.29) is 0 Å². The van der Waals surface area contributed by atoms with Crippen LogP contribution < -0.4 is 9.67 Å². The number of nitrogens with zero attached hydrogens (tertiary/aromatic N) is 1. The highest BCUT2D eigenvalue weighted by Crippen LogP contribution is 2.23. The van der Waals surface area contributed by atoms with Crippen LogP contribution in [0.15, 0.2) is 30.3 Å². The molecule has 0 spiro atoms. The van der Waals surface area contributed by atoms with Crippen LogP contribution in [0.1, 0.15) is 7.75 Å². The number of hydrogen-bond donors (Lipinski definition) is 0. The first-order chi connectivity index (χ1) is 9.63. The van der Waals surface area contributed by atoms with Crippen LogP contribution in [0.3, 0.4) is 0 Å². The molecule has 0 radical (unpaired) electrons. The van der Waals surface area contributed by atoms with Gasteiger partial charge in [0.15, 0.2) is 6.50 Å². The van der Waals surface area contributed by atoms with E-state index < -0.39 is 18.6 Å². The summed E-state index contributed by atoms with van der Waals surface area (Å²) in [5, 5.41) is 9.77. The van der Waals surface area contributed by atoms with Crippen molar-refractivity contribution in [1.82, 2.24) is 0 Å². The predicted octanol–water partition coefficient (Wildman–Crippen LogP) is 1.51. The van der Waals surface area contributed by atoms with Crippen LogP contribution in [0.2, 0.25) is 0 Å². The van der Waals surface area contributed by atoms with Gasteiger partial charge in [-0.25, -0.2) is 0 Å². The molecule has 1 aliphatic heterocycles. The molecule has 0 atom stereocenters. The fraction of sp³-hybridized carbons (Fsp3) is 0.167. The van der Waals surface area contributed by atoms with Gasteiger partial charge < -0.3 is 9.90 Å². The van der Waals surface area contributed by atoms with Crippen molar-refractivity contribution < 1.29 is 30.4 Å². The number of aliphatic carboxylic acids is 1. The second-order valence-corrected chi connectivity index (χ2v) is 4.55. The summed E-state index contributed by atoms with van der Waals surface area (Å²) in [6.07, 6.45) is -1.74. The minimum Gasteiger partial charge on any atom is -0.542 e. The van der Waals surface area contributed by atoms with E-state index in [2.05, 4.69) is 0 Å². The van der Waals surface area contributed by atoms with E-state index in [1.54, 1.807) is 22.0 Å². The van der Waals surface area contributed by atoms with Gasteiger partial charge in [-0.15, -0.1) is 0 Å². The zero-order valence-corrected chi connectivity index (χ0v) is 10.1. The third-order valence-electron chi connectivity index (χ3n) is 2.20. The quantitative estimate of drug-likeness (QED) is 0.690. The van der Waals surface area contributed by atoms with Crippen molar-refractivity contribution in [2.75, 3.05) is 0 Å². The van der Waals surface area contributed by atoms with Crippen molar-refractivity contribution in [3.8, 4) is 0 Å². The lowest BCUT2D eigenvalue weighted by molar-refractivity contribution is -0.654. The Morgan fingerprint density at radius 2 is 2.05 bits per heavy atom. The average molecular weight is 289 g/mol. The standard InChI is InChI=1S/C10H8NS.C2HF3O2/c1-2-5-9-8(4-1)11-7-3-6-10(11)12-9;3-2(4,5)1(6)7/h1-6H,7H2;(H,6,7)/q+1;/p-1/i7D2;. The highest BCUT2D eigenvalue weighted by atomic mass is 32.1. The molecule has 3 rings (SSSR count). The Kier molecular flexibility index (Phi) is 2.89. The summed E-state index contributed by atoms with van der Waals surface area (Å²) in [6.45, 7) is -1.37. The van der Waals surface area contributed by atoms with Gasteiger partial charge in [0.25, 0.3) is 5.01 Å². The van der Waals surface area contributed by atoms with Crippen LogP contribution in [0, 0.1) is 0 Å². The molecule has 2 heterocycles. The first-order valence-electron chi connectivity index (χ1n) is 6.04. The number of carboxylic acid groups (broad SMARTS) is 1. The van der Waals surface area contributed by atoms with Crippen LogP contribution in [-0.2, 0) is 11.3 Å². The van der Waals surface area contributed by atoms with Gasteiger partial charge in [0.1, 0.15) is 13.4 Å². The van der Waals surface area contributed by atoms with Crippen LogP contribution in [0.5, 0.6) is 0 Å². The third kappa shape index (κ3) is 2.93. The summed E-state index contributed by atoms with van der Waals surface area (Å²) in [7, 11) is 0.